The van der Waals surface area contributed by atoms with Gasteiger partial charge >= 0.3 is 0 Å². The van der Waals surface area contributed by atoms with Crippen LogP contribution >= 0.6 is 0 Å². The lowest BCUT2D eigenvalue weighted by atomic mass is 9.82. The van der Waals surface area contributed by atoms with Gasteiger partial charge < -0.3 is 4.42 Å². The fourth-order valence-electron chi connectivity index (χ4n) is 10.9. The van der Waals surface area contributed by atoms with Crippen LogP contribution in [0.5, 0.6) is 0 Å². The zero-order chi connectivity index (χ0) is 41.2. The summed E-state index contributed by atoms with van der Waals surface area (Å²) in [4.78, 5) is 5.60. The summed E-state index contributed by atoms with van der Waals surface area (Å²) < 4.78 is 7.08. The van der Waals surface area contributed by atoms with Gasteiger partial charge in [-0.15, -0.1) is 0 Å². The third kappa shape index (κ3) is 4.86. The molecule has 0 atom stereocenters. The molecule has 2 aromatic heterocycles. The minimum absolute atomic E-state index is 0.900. The predicted molar refractivity (Wildman–Crippen MR) is 268 cm³/mol. The van der Waals surface area contributed by atoms with Gasteiger partial charge in [0.15, 0.2) is 0 Å². The third-order valence-corrected chi connectivity index (χ3v) is 13.6. The Labute approximate surface area is 361 Å². The lowest BCUT2D eigenvalue weighted by Gasteiger charge is -2.21. The van der Waals surface area contributed by atoms with E-state index in [1.165, 1.54) is 81.3 Å². The summed E-state index contributed by atoms with van der Waals surface area (Å²) in [5, 5.41) is 20.2. The van der Waals surface area contributed by atoms with Crippen LogP contribution in [0.15, 0.2) is 217 Å². The van der Waals surface area contributed by atoms with Crippen molar-refractivity contribution in [2.24, 2.45) is 0 Å². The second kappa shape index (κ2) is 13.1. The van der Waals surface area contributed by atoms with E-state index in [1.54, 1.807) is 0 Å². The number of rotatable bonds is 3. The highest BCUT2D eigenvalue weighted by molar-refractivity contribution is 6.34. The summed E-state index contributed by atoms with van der Waals surface area (Å²) in [6.07, 6.45) is 0. The minimum Gasteiger partial charge on any atom is -0.455 e. The number of fused-ring (bicyclic) bond motifs is 16. The van der Waals surface area contributed by atoms with E-state index in [2.05, 4.69) is 212 Å². The first-order valence-electron chi connectivity index (χ1n) is 21.7. The Bertz CT molecular complexity index is 4200. The van der Waals surface area contributed by atoms with Crippen LogP contribution < -0.4 is 0 Å². The van der Waals surface area contributed by atoms with Gasteiger partial charge in [-0.2, -0.15) is 0 Å². The van der Waals surface area contributed by atoms with Crippen molar-refractivity contribution in [1.82, 2.24) is 4.98 Å². The zero-order valence-electron chi connectivity index (χ0n) is 34.1. The zero-order valence-corrected chi connectivity index (χ0v) is 34.1. The molecule has 0 aliphatic carbocycles. The van der Waals surface area contributed by atoms with Crippen LogP contribution in [0.1, 0.15) is 0 Å². The van der Waals surface area contributed by atoms with E-state index in [0.717, 1.165) is 60.4 Å². The highest BCUT2D eigenvalue weighted by Crippen LogP contribution is 2.51. The molecule has 14 aromatic rings. The van der Waals surface area contributed by atoms with E-state index < -0.39 is 0 Å². The Morgan fingerprint density at radius 1 is 0.302 bits per heavy atom. The first-order valence-corrected chi connectivity index (χ1v) is 21.7. The summed E-state index contributed by atoms with van der Waals surface area (Å²) in [7, 11) is 0. The molecule has 0 aliphatic heterocycles. The molecule has 14 rings (SSSR count). The van der Waals surface area contributed by atoms with Crippen LogP contribution in [0.2, 0.25) is 0 Å². The predicted octanol–water partition coefficient (Wildman–Crippen LogP) is 17.2. The standard InChI is InChI=1S/C61H35NO/c1-2-18-38(19-3-1)59-51-35-50(43-24-10-11-25-44(43)56(51)49-32-30-37-17-5-9-23-42(37)60(49)62-59)54-45-26-12-14-28-47(45)55(48-29-15-13-27-46(48)54)52-34-39-20-6-8-22-41(39)58-57-40-21-7-4-16-36(40)31-33-53(57)63-61(52)58/h1-35H. The summed E-state index contributed by atoms with van der Waals surface area (Å²) in [6, 6.07) is 77.4. The van der Waals surface area contributed by atoms with Crippen molar-refractivity contribution < 1.29 is 4.42 Å². The second-order valence-electron chi connectivity index (χ2n) is 16.9. The summed E-state index contributed by atoms with van der Waals surface area (Å²) >= 11 is 0. The Morgan fingerprint density at radius 3 is 1.49 bits per heavy atom. The van der Waals surface area contributed by atoms with Crippen molar-refractivity contribution >= 4 is 108 Å². The molecule has 0 aliphatic rings. The quantitative estimate of drug-likeness (QED) is 0.131. The van der Waals surface area contributed by atoms with E-state index in [4.69, 9.17) is 9.40 Å². The number of hydrogen-bond acceptors (Lipinski definition) is 2. The maximum atomic E-state index is 7.08. The highest BCUT2D eigenvalue weighted by atomic mass is 16.3. The molecule has 0 saturated carbocycles. The van der Waals surface area contributed by atoms with Crippen molar-refractivity contribution in [3.05, 3.63) is 212 Å². The topological polar surface area (TPSA) is 26.0 Å². The molecule has 2 heteroatoms. The van der Waals surface area contributed by atoms with Crippen molar-refractivity contribution in [3.63, 3.8) is 0 Å². The number of nitrogens with zero attached hydrogens (tertiary/aromatic N) is 1. The molecule has 290 valence electrons. The van der Waals surface area contributed by atoms with Crippen LogP contribution in [0, 0.1) is 0 Å². The fourth-order valence-corrected chi connectivity index (χ4v) is 10.9. The van der Waals surface area contributed by atoms with Crippen LogP contribution in [0.4, 0.5) is 0 Å². The van der Waals surface area contributed by atoms with Gasteiger partial charge in [0, 0.05) is 49.0 Å². The molecular formula is C61H35NO. The minimum atomic E-state index is 0.900. The summed E-state index contributed by atoms with van der Waals surface area (Å²) in [5.74, 6) is 0. The normalized spacial score (nSPS) is 12.1. The molecule has 0 fully saturated rings. The number of benzene rings is 12. The van der Waals surface area contributed by atoms with Crippen molar-refractivity contribution in [2.45, 2.75) is 0 Å². The molecular weight excluding hydrogens is 763 g/mol. The lowest BCUT2D eigenvalue weighted by molar-refractivity contribution is 0.670. The van der Waals surface area contributed by atoms with Crippen LogP contribution in [0.25, 0.3) is 142 Å². The smallest absolute Gasteiger partial charge is 0.143 e. The SMILES string of the molecule is c1ccc(-c2nc3c4ccccc4ccc3c3c2cc(-c2c4ccccc4c(-c4cc5ccccc5c5c4oc4ccc6ccccc6c45)c4ccccc24)c2ccccc23)cc1. The molecule has 0 N–H and O–H groups in total. The third-order valence-electron chi connectivity index (χ3n) is 13.6. The molecule has 12 aromatic carbocycles. The Kier molecular flexibility index (Phi) is 7.14. The summed E-state index contributed by atoms with van der Waals surface area (Å²) in [6.45, 7) is 0. The number of pyridine rings is 1. The molecule has 0 saturated heterocycles. The Morgan fingerprint density at radius 2 is 0.810 bits per heavy atom. The molecule has 0 bridgehead atoms. The first kappa shape index (κ1) is 34.4. The van der Waals surface area contributed by atoms with Gasteiger partial charge in [-0.1, -0.05) is 194 Å². The van der Waals surface area contributed by atoms with Gasteiger partial charge in [0.25, 0.3) is 0 Å². The van der Waals surface area contributed by atoms with Crippen molar-refractivity contribution in [2.75, 3.05) is 0 Å². The molecule has 2 nitrogen and oxygen atoms in total. The van der Waals surface area contributed by atoms with Crippen LogP contribution in [-0.2, 0) is 0 Å². The second-order valence-corrected chi connectivity index (χ2v) is 16.9. The van der Waals surface area contributed by atoms with Crippen molar-refractivity contribution in [1.29, 1.82) is 0 Å². The highest BCUT2D eigenvalue weighted by Gasteiger charge is 2.25. The number of hydrogen-bond donors (Lipinski definition) is 0. The van der Waals surface area contributed by atoms with Gasteiger partial charge in [0.2, 0.25) is 0 Å². The maximum absolute atomic E-state index is 7.08. The van der Waals surface area contributed by atoms with Gasteiger partial charge in [-0.25, -0.2) is 4.98 Å². The molecule has 0 amide bonds. The first-order chi connectivity index (χ1) is 31.3. The molecule has 63 heavy (non-hydrogen) atoms. The average Bonchev–Trinajstić information content (AvgIpc) is 3.76. The molecule has 0 spiro atoms. The van der Waals surface area contributed by atoms with E-state index in [0.29, 0.717) is 0 Å². The van der Waals surface area contributed by atoms with Crippen molar-refractivity contribution in [3.8, 4) is 33.5 Å². The summed E-state index contributed by atoms with van der Waals surface area (Å²) in [5.41, 5.74) is 9.61. The average molecular weight is 798 g/mol. The van der Waals surface area contributed by atoms with E-state index in [9.17, 15) is 0 Å². The van der Waals surface area contributed by atoms with Gasteiger partial charge in [-0.3, -0.25) is 0 Å². The molecule has 0 radical (unpaired) electrons. The Hall–Kier alpha value is -8.33. The maximum Gasteiger partial charge on any atom is 0.143 e. The molecule has 2 heterocycles. The van der Waals surface area contributed by atoms with Gasteiger partial charge in [0.1, 0.15) is 11.2 Å². The number of aromatic nitrogens is 1. The Balaban J connectivity index is 1.15. The van der Waals surface area contributed by atoms with Crippen LogP contribution in [0.3, 0.4) is 0 Å². The van der Waals surface area contributed by atoms with Gasteiger partial charge in [0.05, 0.1) is 11.2 Å². The lowest BCUT2D eigenvalue weighted by Crippen LogP contribution is -1.95. The van der Waals surface area contributed by atoms with E-state index >= 15 is 0 Å². The van der Waals surface area contributed by atoms with E-state index in [1.807, 2.05) is 0 Å². The monoisotopic (exact) mass is 797 g/mol. The van der Waals surface area contributed by atoms with E-state index in [-0.39, 0.29) is 0 Å². The largest absolute Gasteiger partial charge is 0.455 e. The van der Waals surface area contributed by atoms with Crippen LogP contribution in [-0.4, -0.2) is 4.98 Å². The van der Waals surface area contributed by atoms with Gasteiger partial charge in [-0.05, 0) is 88.6 Å². The molecule has 0 unspecified atom stereocenters. The fraction of sp³-hybridized carbons (Fsp3) is 0. The number of furan rings is 1.